The topological polar surface area (TPSA) is 113 Å². The fourth-order valence-corrected chi connectivity index (χ4v) is 5.99. The normalized spacial score (nSPS) is 27.3. The highest BCUT2D eigenvalue weighted by Gasteiger charge is 2.63. The number of halogens is 3. The van der Waals surface area contributed by atoms with E-state index in [9.17, 15) is 32.7 Å². The number of rotatable bonds is 5. The van der Waals surface area contributed by atoms with Crippen molar-refractivity contribution in [3.05, 3.63) is 71.3 Å². The number of hydrogen-bond acceptors (Lipinski definition) is 6. The Morgan fingerprint density at radius 1 is 1.03 bits per heavy atom. The second-order valence-electron chi connectivity index (χ2n) is 9.50. The Bertz CT molecular complexity index is 1290. The maximum Gasteiger partial charge on any atom is 0.573 e. The van der Waals surface area contributed by atoms with Gasteiger partial charge in [0.05, 0.1) is 18.4 Å². The minimum Gasteiger partial charge on any atom is -0.406 e. The predicted molar refractivity (Wildman–Crippen MR) is 124 cm³/mol. The highest BCUT2D eigenvalue weighted by Crippen LogP contribution is 2.53. The number of ether oxygens (including phenoxy) is 1. The first-order valence-electron chi connectivity index (χ1n) is 11.7. The number of likely N-dealkylation sites (tertiary alicyclic amines) is 1. The van der Waals surface area contributed by atoms with E-state index in [0.29, 0.717) is 16.0 Å². The molecule has 4 aliphatic rings. The van der Waals surface area contributed by atoms with Crippen LogP contribution in [0, 0.1) is 17.8 Å². The molecule has 5 unspecified atom stereocenters. The van der Waals surface area contributed by atoms with Gasteiger partial charge in [-0.15, -0.1) is 13.2 Å². The van der Waals surface area contributed by atoms with Gasteiger partial charge in [0.25, 0.3) is 0 Å². The van der Waals surface area contributed by atoms with Crippen LogP contribution in [0.5, 0.6) is 5.75 Å². The predicted octanol–water partition coefficient (Wildman–Crippen LogP) is 3.04. The number of imide groups is 3. The van der Waals surface area contributed by atoms with Gasteiger partial charge in [-0.1, -0.05) is 42.5 Å². The zero-order chi connectivity index (χ0) is 26.6. The zero-order valence-corrected chi connectivity index (χ0v) is 19.7. The molecule has 6 rings (SSSR count). The molecule has 2 aromatic carbocycles. The molecule has 0 saturated carbocycles. The molecule has 3 heterocycles. The van der Waals surface area contributed by atoms with Crippen LogP contribution in [-0.2, 0) is 22.7 Å². The van der Waals surface area contributed by atoms with Crippen LogP contribution in [0.1, 0.15) is 23.6 Å². The number of nitrogens with two attached hydrogens (primary N) is 1. The lowest BCUT2D eigenvalue weighted by molar-refractivity contribution is -0.274. The van der Waals surface area contributed by atoms with Gasteiger partial charge < -0.3 is 15.6 Å². The second-order valence-corrected chi connectivity index (χ2v) is 9.50. The van der Waals surface area contributed by atoms with Crippen LogP contribution < -0.4 is 10.5 Å². The molecular weight excluding hydrogens is 491 g/mol. The molecule has 4 amide bonds. The van der Waals surface area contributed by atoms with Crippen molar-refractivity contribution >= 4 is 23.4 Å². The molecular formula is C26H24F3N3O5. The third-order valence-corrected chi connectivity index (χ3v) is 7.48. The monoisotopic (exact) mass is 515 g/mol. The number of piperidine rings is 1. The lowest BCUT2D eigenvalue weighted by atomic mass is 9.62. The number of aliphatic hydroxyl groups excluding tert-OH is 1. The second kappa shape index (κ2) is 9.00. The lowest BCUT2D eigenvalue weighted by Crippen LogP contribution is -2.61. The number of alkyl halides is 3. The molecule has 2 bridgehead atoms. The number of fused-ring (bicyclic) bond motifs is 1. The molecule has 3 N–H and O–H groups in total. The van der Waals surface area contributed by atoms with E-state index in [1.54, 1.807) is 18.2 Å². The van der Waals surface area contributed by atoms with Crippen molar-refractivity contribution in [3.8, 4) is 5.75 Å². The van der Waals surface area contributed by atoms with Crippen molar-refractivity contribution < 1.29 is 37.4 Å². The SMILES string of the molecule is CC1C2C(c3ccc(CO)cc3)=CC(C3C(=O)N(C(N)=O)C(=O)C23)N1Cc1cccc(OC(F)(F)F)c1. The van der Waals surface area contributed by atoms with Crippen LogP contribution in [0.3, 0.4) is 0 Å². The summed E-state index contributed by atoms with van der Waals surface area (Å²) in [6.07, 6.45) is -2.94. The first kappa shape index (κ1) is 25.0. The van der Waals surface area contributed by atoms with Gasteiger partial charge in [-0.25, -0.2) is 4.79 Å². The maximum absolute atomic E-state index is 13.2. The van der Waals surface area contributed by atoms with E-state index < -0.39 is 48.0 Å². The molecule has 2 aromatic rings. The average molecular weight is 515 g/mol. The molecule has 5 atom stereocenters. The molecule has 8 nitrogen and oxygen atoms in total. The molecule has 1 aliphatic carbocycles. The summed E-state index contributed by atoms with van der Waals surface area (Å²) in [5.74, 6) is -3.79. The van der Waals surface area contributed by atoms with E-state index in [2.05, 4.69) is 4.74 Å². The smallest absolute Gasteiger partial charge is 0.406 e. The van der Waals surface area contributed by atoms with Gasteiger partial charge in [-0.05, 0) is 41.3 Å². The van der Waals surface area contributed by atoms with Crippen molar-refractivity contribution in [1.82, 2.24) is 9.80 Å². The van der Waals surface area contributed by atoms with Crippen LogP contribution in [0.4, 0.5) is 18.0 Å². The van der Waals surface area contributed by atoms with Gasteiger partial charge in [0, 0.05) is 24.5 Å². The Morgan fingerprint density at radius 3 is 2.32 bits per heavy atom. The summed E-state index contributed by atoms with van der Waals surface area (Å²) in [7, 11) is 0. The minimum absolute atomic E-state index is 0.127. The number of hydrogen-bond donors (Lipinski definition) is 2. The van der Waals surface area contributed by atoms with Gasteiger partial charge in [0.1, 0.15) is 5.75 Å². The van der Waals surface area contributed by atoms with Gasteiger partial charge in [0.15, 0.2) is 0 Å². The van der Waals surface area contributed by atoms with E-state index in [-0.39, 0.29) is 24.9 Å². The highest BCUT2D eigenvalue weighted by atomic mass is 19.4. The molecule has 194 valence electrons. The highest BCUT2D eigenvalue weighted by molar-refractivity contribution is 6.17. The molecule has 37 heavy (non-hydrogen) atoms. The van der Waals surface area contributed by atoms with Crippen LogP contribution in [-0.4, -0.2) is 51.2 Å². The number of amides is 4. The lowest BCUT2D eigenvalue weighted by Gasteiger charge is -2.53. The van der Waals surface area contributed by atoms with Crippen LogP contribution in [0.15, 0.2) is 54.6 Å². The summed E-state index contributed by atoms with van der Waals surface area (Å²) < 4.78 is 42.2. The molecule has 2 fully saturated rings. The van der Waals surface area contributed by atoms with E-state index >= 15 is 0 Å². The fourth-order valence-electron chi connectivity index (χ4n) is 5.99. The Labute approximate surface area is 210 Å². The van der Waals surface area contributed by atoms with Crippen LogP contribution >= 0.6 is 0 Å². The molecule has 2 saturated heterocycles. The van der Waals surface area contributed by atoms with Gasteiger partial charge in [0.2, 0.25) is 11.8 Å². The van der Waals surface area contributed by atoms with E-state index in [1.165, 1.54) is 18.2 Å². The third kappa shape index (κ3) is 4.27. The first-order valence-corrected chi connectivity index (χ1v) is 11.7. The largest absolute Gasteiger partial charge is 0.573 e. The summed E-state index contributed by atoms with van der Waals surface area (Å²) in [6, 6.07) is 10.8. The number of primary amides is 1. The van der Waals surface area contributed by atoms with Crippen LogP contribution in [0.25, 0.3) is 5.57 Å². The zero-order valence-electron chi connectivity index (χ0n) is 19.7. The van der Waals surface area contributed by atoms with Gasteiger partial charge in [-0.2, -0.15) is 4.90 Å². The van der Waals surface area contributed by atoms with Crippen molar-refractivity contribution in [2.24, 2.45) is 23.5 Å². The number of urea groups is 1. The standard InChI is InChI=1S/C26H24F3N3O5/c1-13-20-18(16-7-5-14(12-33)6-8-16)10-19(21-22(20)24(35)32(23(21)34)25(30)36)31(13)11-15-3-2-4-17(9-15)37-26(27,28)29/h2-10,13,19-22,33H,11-12H2,1H3,(H2,30,36). The van der Waals surface area contributed by atoms with Crippen molar-refractivity contribution in [2.45, 2.75) is 38.5 Å². The summed E-state index contributed by atoms with van der Waals surface area (Å²) in [6.45, 7) is 1.95. The molecule has 0 radical (unpaired) electrons. The Hall–Kier alpha value is -3.70. The van der Waals surface area contributed by atoms with Crippen molar-refractivity contribution in [3.63, 3.8) is 0 Å². The van der Waals surface area contributed by atoms with Gasteiger partial charge >= 0.3 is 12.4 Å². The number of benzene rings is 2. The fraction of sp³-hybridized carbons (Fsp3) is 0.346. The van der Waals surface area contributed by atoms with Crippen LogP contribution in [0.2, 0.25) is 0 Å². The van der Waals surface area contributed by atoms with E-state index in [1.807, 2.05) is 30.0 Å². The third-order valence-electron chi connectivity index (χ3n) is 7.48. The molecule has 3 aliphatic heterocycles. The summed E-state index contributed by atoms with van der Waals surface area (Å²) in [5, 5.41) is 9.39. The Balaban J connectivity index is 1.54. The molecule has 11 heteroatoms. The minimum atomic E-state index is -4.83. The van der Waals surface area contributed by atoms with Crippen molar-refractivity contribution in [2.75, 3.05) is 0 Å². The van der Waals surface area contributed by atoms with Gasteiger partial charge in [-0.3, -0.25) is 14.5 Å². The number of carbonyl (C=O) groups excluding carboxylic acids is 3. The molecule has 0 aromatic heterocycles. The number of nitrogens with zero attached hydrogens (tertiary/aromatic N) is 2. The summed E-state index contributed by atoms with van der Waals surface area (Å²) >= 11 is 0. The molecule has 0 spiro atoms. The Kier molecular flexibility index (Phi) is 6.07. The van der Waals surface area contributed by atoms with E-state index in [0.717, 1.165) is 11.1 Å². The quantitative estimate of drug-likeness (QED) is 0.592. The summed E-state index contributed by atoms with van der Waals surface area (Å²) in [4.78, 5) is 40.9. The van der Waals surface area contributed by atoms with Crippen molar-refractivity contribution in [1.29, 1.82) is 0 Å². The maximum atomic E-state index is 13.2. The van der Waals surface area contributed by atoms with E-state index in [4.69, 9.17) is 5.73 Å². The average Bonchev–Trinajstić information content (AvgIpc) is 3.11. The Morgan fingerprint density at radius 2 is 1.70 bits per heavy atom. The number of carbonyl (C=O) groups is 3. The summed E-state index contributed by atoms with van der Waals surface area (Å²) in [5.41, 5.74) is 8.26. The first-order chi connectivity index (χ1) is 17.5. The number of aliphatic hydroxyl groups is 1.